The summed E-state index contributed by atoms with van der Waals surface area (Å²) in [5.74, 6) is -2.09. The molecule has 4 aromatic rings. The zero-order chi connectivity index (χ0) is 30.6. The van der Waals surface area contributed by atoms with E-state index in [0.717, 1.165) is 10.6 Å². The van der Waals surface area contributed by atoms with Crippen LogP contribution in [-0.2, 0) is 22.6 Å². The van der Waals surface area contributed by atoms with Gasteiger partial charge in [0.15, 0.2) is 11.5 Å². The summed E-state index contributed by atoms with van der Waals surface area (Å²) >= 11 is 15.2. The van der Waals surface area contributed by atoms with E-state index < -0.39 is 40.0 Å². The van der Waals surface area contributed by atoms with E-state index in [1.54, 1.807) is 12.3 Å². The van der Waals surface area contributed by atoms with Crippen LogP contribution in [0.2, 0.25) is 10.3 Å². The fraction of sp³-hybridized carbons (Fsp3) is 0.346. The van der Waals surface area contributed by atoms with Gasteiger partial charge in [-0.1, -0.05) is 63.0 Å². The van der Waals surface area contributed by atoms with Crippen LogP contribution in [0.1, 0.15) is 63.4 Å². The quantitative estimate of drug-likeness (QED) is 0.102. The van der Waals surface area contributed by atoms with E-state index in [1.165, 1.54) is 25.3 Å². The molecule has 0 aliphatic carbocycles. The van der Waals surface area contributed by atoms with Gasteiger partial charge >= 0.3 is 5.97 Å². The van der Waals surface area contributed by atoms with Crippen molar-refractivity contribution in [2.45, 2.75) is 54.1 Å². The summed E-state index contributed by atoms with van der Waals surface area (Å²) in [6.45, 7) is 8.99. The second kappa shape index (κ2) is 17.0. The summed E-state index contributed by atoms with van der Waals surface area (Å²) in [6, 6.07) is 4.27. The first kappa shape index (κ1) is 35.1. The maximum absolute atomic E-state index is 14.5. The van der Waals surface area contributed by atoms with Crippen LogP contribution in [0.25, 0.3) is 17.2 Å². The number of carbonyl (C=O) groups is 1. The molecule has 0 radical (unpaired) electrons. The van der Waals surface area contributed by atoms with Gasteiger partial charge in [0.05, 0.1) is 17.5 Å². The molecule has 0 N–H and O–H groups in total. The van der Waals surface area contributed by atoms with Gasteiger partial charge in [-0.15, -0.1) is 0 Å². The molecule has 0 amide bonds. The molecule has 3 aromatic heterocycles. The van der Waals surface area contributed by atoms with Crippen molar-refractivity contribution < 1.29 is 27.1 Å². The summed E-state index contributed by atoms with van der Waals surface area (Å²) in [7, 11) is 0. The number of ether oxygens (including phenoxy) is 1. The lowest BCUT2D eigenvalue weighted by molar-refractivity contribution is -0.142. The third kappa shape index (κ3) is 8.77. The predicted molar refractivity (Wildman–Crippen MR) is 151 cm³/mol. The number of hydrogen-bond acceptors (Lipinski definition) is 7. The van der Waals surface area contributed by atoms with Gasteiger partial charge in [-0.2, -0.15) is 17.0 Å². The van der Waals surface area contributed by atoms with E-state index in [4.69, 9.17) is 27.9 Å². The highest BCUT2D eigenvalue weighted by Crippen LogP contribution is 2.33. The molecule has 14 heteroatoms. The van der Waals surface area contributed by atoms with Crippen LogP contribution < -0.4 is 0 Å². The van der Waals surface area contributed by atoms with Crippen molar-refractivity contribution >= 4 is 47.4 Å². The Labute approximate surface area is 245 Å². The van der Waals surface area contributed by atoms with Crippen molar-refractivity contribution in [2.24, 2.45) is 0 Å². The van der Waals surface area contributed by atoms with Crippen LogP contribution in [0.4, 0.5) is 17.6 Å². The molecule has 40 heavy (non-hydrogen) atoms. The summed E-state index contributed by atoms with van der Waals surface area (Å²) in [6.07, 6.45) is 0.904. The van der Waals surface area contributed by atoms with Gasteiger partial charge in [-0.3, -0.25) is 9.20 Å². The molecule has 1 aromatic carbocycles. The number of esters is 1. The highest BCUT2D eigenvalue weighted by atomic mass is 35.5. The fourth-order valence-corrected chi connectivity index (χ4v) is 3.70. The lowest BCUT2D eigenvalue weighted by Gasteiger charge is -2.10. The van der Waals surface area contributed by atoms with E-state index in [2.05, 4.69) is 32.6 Å². The molecule has 0 fully saturated rings. The van der Waals surface area contributed by atoms with Crippen molar-refractivity contribution in [3.8, 4) is 11.5 Å². The molecule has 0 atom stereocenters. The van der Waals surface area contributed by atoms with E-state index in [1.807, 2.05) is 27.7 Å². The monoisotopic (exact) mass is 621 g/mol. The van der Waals surface area contributed by atoms with Gasteiger partial charge in [0.25, 0.3) is 6.43 Å². The number of fused-ring (bicyclic) bond motifs is 1. The minimum atomic E-state index is -3.00. The minimum absolute atomic E-state index is 0.0176. The predicted octanol–water partition coefficient (Wildman–Crippen LogP) is 7.96. The smallest absolute Gasteiger partial charge is 0.302 e. The van der Waals surface area contributed by atoms with Gasteiger partial charge in [0, 0.05) is 25.1 Å². The SMILES string of the molecule is CC.CC.CC(=O)OCc1ccc(Cc2nc(-c3nc(Cl)c(C(F)F)c(Cl)n3)cn3c(F)cnc23)cc1F.CS. The Morgan fingerprint density at radius 3 is 2.17 bits per heavy atom. The molecule has 218 valence electrons. The molecule has 4 rings (SSSR count). The number of nitrogens with zero attached hydrogens (tertiary/aromatic N) is 5. The Bertz CT molecular complexity index is 1400. The highest BCUT2D eigenvalue weighted by Gasteiger charge is 2.22. The minimum Gasteiger partial charge on any atom is -0.461 e. The average Bonchev–Trinajstić information content (AvgIpc) is 3.31. The standard InChI is InChI=1S/C21H13Cl2F4N5O2.2C2H6.CH4S/c1-9(33)34-8-11-3-2-10(4-12(11)24)5-13-21-28-6-15(25)32(21)7-14(29-13)20-30-17(22)16(19(26)27)18(23)31-20;3*1-2/h2-4,6-7,19H,5,8H2,1H3;2*1-2H3;2H,1H3. The highest BCUT2D eigenvalue weighted by molar-refractivity contribution is 7.79. The van der Waals surface area contributed by atoms with Gasteiger partial charge in [0.1, 0.15) is 28.4 Å². The fourth-order valence-electron chi connectivity index (χ4n) is 3.15. The van der Waals surface area contributed by atoms with Gasteiger partial charge in [-0.25, -0.2) is 33.1 Å². The van der Waals surface area contributed by atoms with Crippen molar-refractivity contribution in [3.05, 3.63) is 75.0 Å². The number of thiol groups is 1. The van der Waals surface area contributed by atoms with E-state index in [-0.39, 0.29) is 41.5 Å². The van der Waals surface area contributed by atoms with Crippen molar-refractivity contribution in [3.63, 3.8) is 0 Å². The topological polar surface area (TPSA) is 82.3 Å². The molecule has 0 saturated heterocycles. The summed E-state index contributed by atoms with van der Waals surface area (Å²) < 4.78 is 60.9. The molecule has 3 heterocycles. The average molecular weight is 623 g/mol. The normalized spacial score (nSPS) is 10.2. The number of rotatable bonds is 6. The number of carbonyl (C=O) groups excluding carboxylic acids is 1. The third-order valence-electron chi connectivity index (χ3n) is 4.74. The number of aromatic nitrogens is 5. The van der Waals surface area contributed by atoms with Crippen LogP contribution in [0.5, 0.6) is 0 Å². The second-order valence-corrected chi connectivity index (χ2v) is 7.79. The molecule has 7 nitrogen and oxygen atoms in total. The number of hydrogen-bond donors (Lipinski definition) is 1. The summed E-state index contributed by atoms with van der Waals surface area (Å²) in [5, 5.41) is -1.13. The van der Waals surface area contributed by atoms with Gasteiger partial charge < -0.3 is 4.74 Å². The van der Waals surface area contributed by atoms with Gasteiger partial charge in [0.2, 0.25) is 5.95 Å². The first-order valence-corrected chi connectivity index (χ1v) is 13.7. The molecule has 0 unspecified atom stereocenters. The van der Waals surface area contributed by atoms with E-state index >= 15 is 0 Å². The van der Waals surface area contributed by atoms with Crippen LogP contribution >= 0.6 is 35.8 Å². The van der Waals surface area contributed by atoms with Crippen LogP contribution in [-0.4, -0.2) is 36.6 Å². The Balaban J connectivity index is 0.00000125. The molecule has 0 aliphatic heterocycles. The lowest BCUT2D eigenvalue weighted by Crippen LogP contribution is -2.06. The molecular formula is C26H29Cl2F4N5O2S. The Hall–Kier alpha value is -2.96. The Kier molecular flexibility index (Phi) is 14.9. The van der Waals surface area contributed by atoms with Crippen LogP contribution in [0, 0.1) is 11.8 Å². The van der Waals surface area contributed by atoms with E-state index in [0.29, 0.717) is 5.56 Å². The first-order chi connectivity index (χ1) is 19.1. The first-order valence-electron chi connectivity index (χ1n) is 12.0. The number of imidazole rings is 1. The largest absolute Gasteiger partial charge is 0.461 e. The van der Waals surface area contributed by atoms with Crippen molar-refractivity contribution in [1.82, 2.24) is 24.3 Å². The van der Waals surface area contributed by atoms with E-state index in [9.17, 15) is 22.4 Å². The van der Waals surface area contributed by atoms with Crippen molar-refractivity contribution in [2.75, 3.05) is 6.26 Å². The molecule has 0 saturated carbocycles. The molecule has 0 aliphatic rings. The number of halogens is 6. The van der Waals surface area contributed by atoms with Gasteiger partial charge in [-0.05, 0) is 17.9 Å². The Morgan fingerprint density at radius 2 is 1.65 bits per heavy atom. The number of benzene rings is 1. The lowest BCUT2D eigenvalue weighted by atomic mass is 10.1. The molecule has 0 bridgehead atoms. The zero-order valence-electron chi connectivity index (χ0n) is 22.6. The second-order valence-electron chi connectivity index (χ2n) is 7.07. The van der Waals surface area contributed by atoms with Crippen LogP contribution in [0.3, 0.4) is 0 Å². The number of alkyl halides is 2. The zero-order valence-corrected chi connectivity index (χ0v) is 25.1. The third-order valence-corrected chi connectivity index (χ3v) is 5.31. The van der Waals surface area contributed by atoms with Crippen LogP contribution in [0.15, 0.2) is 30.6 Å². The van der Waals surface area contributed by atoms with Crippen molar-refractivity contribution in [1.29, 1.82) is 0 Å². The Morgan fingerprint density at radius 1 is 1.05 bits per heavy atom. The summed E-state index contributed by atoms with van der Waals surface area (Å²) in [5.41, 5.74) is 0.260. The molecular weight excluding hydrogens is 593 g/mol. The molecule has 0 spiro atoms. The summed E-state index contributed by atoms with van der Waals surface area (Å²) in [4.78, 5) is 27.0. The maximum Gasteiger partial charge on any atom is 0.302 e. The maximum atomic E-state index is 14.5.